The predicted octanol–water partition coefficient (Wildman–Crippen LogP) is 3.03. The van der Waals surface area contributed by atoms with Crippen LogP contribution in [0.1, 0.15) is 30.5 Å². The van der Waals surface area contributed by atoms with E-state index in [-0.39, 0.29) is 36.6 Å². The first-order valence-electron chi connectivity index (χ1n) is 7.47. The van der Waals surface area contributed by atoms with Gasteiger partial charge in [0.25, 0.3) is 0 Å². The highest BCUT2D eigenvalue weighted by atomic mass is 35.5. The van der Waals surface area contributed by atoms with Gasteiger partial charge in [0.05, 0.1) is 18.7 Å². The van der Waals surface area contributed by atoms with Crippen LogP contribution in [0.4, 0.5) is 0 Å². The molecular formula is C17H25Cl2N3O2. The summed E-state index contributed by atoms with van der Waals surface area (Å²) in [6.07, 6.45) is 0.742. The first-order chi connectivity index (χ1) is 10.6. The number of phenolic OH excluding ortho intramolecular Hbond substituents is 1. The number of rotatable bonds is 5. The van der Waals surface area contributed by atoms with E-state index in [1.165, 1.54) is 7.11 Å². The standard InChI is InChI=1S/C17H23N3O2.2ClH/c1-12(2)8-15(20-6-4-19-5-7-20)14-9-13(11-18)10-16(22-3)17(14)21;;/h9-10,15,19,21H,1,4-8H2,2-3H3;2*1H/t15-;;/m0../s1. The zero-order valence-electron chi connectivity index (χ0n) is 14.0. The van der Waals surface area contributed by atoms with Gasteiger partial charge in [-0.2, -0.15) is 5.26 Å². The number of benzene rings is 1. The fourth-order valence-electron chi connectivity index (χ4n) is 2.86. The summed E-state index contributed by atoms with van der Waals surface area (Å²) in [5.41, 5.74) is 2.27. The van der Waals surface area contributed by atoms with Crippen LogP contribution >= 0.6 is 24.8 Å². The summed E-state index contributed by atoms with van der Waals surface area (Å²) < 4.78 is 5.22. The van der Waals surface area contributed by atoms with Crippen LogP contribution in [0.5, 0.6) is 11.5 Å². The molecule has 24 heavy (non-hydrogen) atoms. The first-order valence-corrected chi connectivity index (χ1v) is 7.47. The van der Waals surface area contributed by atoms with Crippen molar-refractivity contribution >= 4 is 24.8 Å². The van der Waals surface area contributed by atoms with Crippen LogP contribution in [-0.2, 0) is 0 Å². The fourth-order valence-corrected chi connectivity index (χ4v) is 2.86. The van der Waals surface area contributed by atoms with E-state index in [0.717, 1.165) is 43.7 Å². The normalized spacial score (nSPS) is 15.4. The van der Waals surface area contributed by atoms with E-state index in [0.29, 0.717) is 11.3 Å². The van der Waals surface area contributed by atoms with Gasteiger partial charge in [0.15, 0.2) is 11.5 Å². The maximum absolute atomic E-state index is 10.5. The van der Waals surface area contributed by atoms with Gasteiger partial charge in [-0.25, -0.2) is 0 Å². The van der Waals surface area contributed by atoms with E-state index in [4.69, 9.17) is 4.74 Å². The van der Waals surface area contributed by atoms with E-state index in [9.17, 15) is 10.4 Å². The number of phenols is 1. The molecule has 2 rings (SSSR count). The number of ether oxygens (including phenoxy) is 1. The van der Waals surface area contributed by atoms with E-state index < -0.39 is 0 Å². The van der Waals surface area contributed by atoms with Crippen molar-refractivity contribution in [2.24, 2.45) is 0 Å². The maximum Gasteiger partial charge on any atom is 0.162 e. The number of hydrogen-bond acceptors (Lipinski definition) is 5. The molecule has 0 saturated carbocycles. The molecule has 134 valence electrons. The van der Waals surface area contributed by atoms with Crippen molar-refractivity contribution in [1.29, 1.82) is 5.26 Å². The van der Waals surface area contributed by atoms with Gasteiger partial charge in [0, 0.05) is 43.9 Å². The summed E-state index contributed by atoms with van der Waals surface area (Å²) in [5, 5.41) is 23.1. The number of nitriles is 1. The molecule has 1 aromatic rings. The van der Waals surface area contributed by atoms with Crippen LogP contribution < -0.4 is 10.1 Å². The second-order valence-electron chi connectivity index (χ2n) is 5.69. The maximum atomic E-state index is 10.5. The summed E-state index contributed by atoms with van der Waals surface area (Å²) in [6, 6.07) is 5.46. The molecule has 1 aromatic carbocycles. The summed E-state index contributed by atoms with van der Waals surface area (Å²) in [4.78, 5) is 2.32. The molecule has 2 N–H and O–H groups in total. The molecule has 0 aliphatic carbocycles. The van der Waals surface area contributed by atoms with Crippen molar-refractivity contribution in [2.75, 3.05) is 33.3 Å². The van der Waals surface area contributed by atoms with Crippen LogP contribution in [-0.4, -0.2) is 43.3 Å². The molecule has 1 aliphatic rings. The average molecular weight is 374 g/mol. The monoisotopic (exact) mass is 373 g/mol. The van der Waals surface area contributed by atoms with Crippen molar-refractivity contribution in [1.82, 2.24) is 10.2 Å². The van der Waals surface area contributed by atoms with Gasteiger partial charge in [0.1, 0.15) is 0 Å². The molecule has 1 saturated heterocycles. The summed E-state index contributed by atoms with van der Waals surface area (Å²) in [5.74, 6) is 0.460. The molecule has 1 aliphatic heterocycles. The Morgan fingerprint density at radius 3 is 2.54 bits per heavy atom. The average Bonchev–Trinajstić information content (AvgIpc) is 2.54. The van der Waals surface area contributed by atoms with Crippen molar-refractivity contribution < 1.29 is 9.84 Å². The molecule has 1 fully saturated rings. The molecule has 0 unspecified atom stereocenters. The second-order valence-corrected chi connectivity index (χ2v) is 5.69. The van der Waals surface area contributed by atoms with E-state index in [2.05, 4.69) is 22.9 Å². The van der Waals surface area contributed by atoms with E-state index >= 15 is 0 Å². The Balaban J connectivity index is 0.00000264. The first kappa shape index (κ1) is 22.6. The summed E-state index contributed by atoms with van der Waals surface area (Å²) >= 11 is 0. The molecule has 0 amide bonds. The minimum atomic E-state index is 0. The largest absolute Gasteiger partial charge is 0.504 e. The Hall–Kier alpha value is -1.45. The Morgan fingerprint density at radius 2 is 2.04 bits per heavy atom. The number of piperazine rings is 1. The molecule has 7 heteroatoms. The van der Waals surface area contributed by atoms with Gasteiger partial charge in [-0.1, -0.05) is 5.57 Å². The Labute approximate surface area is 156 Å². The van der Waals surface area contributed by atoms with Crippen LogP contribution in [0.25, 0.3) is 0 Å². The number of nitrogens with one attached hydrogen (secondary N) is 1. The number of nitrogens with zero attached hydrogens (tertiary/aromatic N) is 2. The van der Waals surface area contributed by atoms with Crippen LogP contribution in [0.15, 0.2) is 24.3 Å². The zero-order chi connectivity index (χ0) is 16.1. The van der Waals surface area contributed by atoms with Gasteiger partial charge in [0.2, 0.25) is 0 Å². The molecule has 5 nitrogen and oxygen atoms in total. The third kappa shape index (κ3) is 5.29. The number of methoxy groups -OCH3 is 1. The van der Waals surface area contributed by atoms with Gasteiger partial charge in [-0.3, -0.25) is 4.90 Å². The number of halogens is 2. The fraction of sp³-hybridized carbons (Fsp3) is 0.471. The van der Waals surface area contributed by atoms with Gasteiger partial charge in [-0.15, -0.1) is 31.4 Å². The third-order valence-electron chi connectivity index (χ3n) is 3.95. The number of aromatic hydroxyl groups is 1. The summed E-state index contributed by atoms with van der Waals surface area (Å²) in [7, 11) is 1.50. The lowest BCUT2D eigenvalue weighted by Gasteiger charge is -2.36. The van der Waals surface area contributed by atoms with E-state index in [1.807, 2.05) is 6.92 Å². The zero-order valence-corrected chi connectivity index (χ0v) is 15.7. The molecule has 0 aromatic heterocycles. The van der Waals surface area contributed by atoms with E-state index in [1.54, 1.807) is 12.1 Å². The lowest BCUT2D eigenvalue weighted by molar-refractivity contribution is 0.169. The quantitative estimate of drug-likeness (QED) is 0.776. The number of hydrogen-bond donors (Lipinski definition) is 2. The van der Waals surface area contributed by atoms with Crippen molar-refractivity contribution in [3.63, 3.8) is 0 Å². The molecular weight excluding hydrogens is 349 g/mol. The van der Waals surface area contributed by atoms with Crippen LogP contribution in [0.3, 0.4) is 0 Å². The van der Waals surface area contributed by atoms with Crippen molar-refractivity contribution in [2.45, 2.75) is 19.4 Å². The lowest BCUT2D eigenvalue weighted by atomic mass is 9.95. The topological polar surface area (TPSA) is 68.5 Å². The van der Waals surface area contributed by atoms with Crippen molar-refractivity contribution in [3.05, 3.63) is 35.4 Å². The smallest absolute Gasteiger partial charge is 0.162 e. The van der Waals surface area contributed by atoms with Crippen LogP contribution in [0, 0.1) is 11.3 Å². The molecule has 1 heterocycles. The molecule has 0 spiro atoms. The van der Waals surface area contributed by atoms with Gasteiger partial charge >= 0.3 is 0 Å². The minimum absolute atomic E-state index is 0. The lowest BCUT2D eigenvalue weighted by Crippen LogP contribution is -2.45. The minimum Gasteiger partial charge on any atom is -0.504 e. The van der Waals surface area contributed by atoms with Crippen molar-refractivity contribution in [3.8, 4) is 17.6 Å². The second kappa shape index (κ2) is 10.4. The molecule has 0 radical (unpaired) electrons. The highest BCUT2D eigenvalue weighted by molar-refractivity contribution is 5.85. The SMILES string of the molecule is C=C(C)C[C@@H](c1cc(C#N)cc(OC)c1O)N1CCNCC1.Cl.Cl. The predicted molar refractivity (Wildman–Crippen MR) is 100 cm³/mol. The summed E-state index contributed by atoms with van der Waals surface area (Å²) in [6.45, 7) is 9.63. The highest BCUT2D eigenvalue weighted by Crippen LogP contribution is 2.39. The highest BCUT2D eigenvalue weighted by Gasteiger charge is 2.26. The Bertz CT molecular complexity index is 596. The molecule has 1 atom stereocenters. The molecule has 0 bridgehead atoms. The third-order valence-corrected chi connectivity index (χ3v) is 3.95. The van der Waals surface area contributed by atoms with Gasteiger partial charge in [-0.05, 0) is 19.4 Å². The Kier molecular flexibility index (Phi) is 9.79. The Morgan fingerprint density at radius 1 is 1.42 bits per heavy atom. The van der Waals surface area contributed by atoms with Gasteiger partial charge < -0.3 is 15.2 Å². The van der Waals surface area contributed by atoms with Crippen LogP contribution in [0.2, 0.25) is 0 Å².